The maximum absolute atomic E-state index is 13.5. The summed E-state index contributed by atoms with van der Waals surface area (Å²) < 4.78 is 0. The number of nitrogens with one attached hydrogen (secondary N) is 2. The van der Waals surface area contributed by atoms with E-state index in [0.717, 1.165) is 57.7 Å². The van der Waals surface area contributed by atoms with Crippen molar-refractivity contribution in [2.45, 2.75) is 47.0 Å². The Labute approximate surface area is 205 Å². The standard InChI is InChI=1S/C29H31N3OS/c1-18-23(21-12-8-9-13-24(21)31-18)17-30-28-26(27(33)32-20-10-6-5-7-11-20)22-15-14-19(29(2,3)4)16-25(22)34-28/h5-13,17,19,31H,14-16H2,1-4H3,(H,32,33)/t19-/m0/s1. The fourth-order valence-corrected chi connectivity index (χ4v) is 6.21. The van der Waals surface area contributed by atoms with Crippen LogP contribution in [0, 0.1) is 18.3 Å². The number of thiophene rings is 1. The summed E-state index contributed by atoms with van der Waals surface area (Å²) in [6.45, 7) is 9.02. The number of fused-ring (bicyclic) bond motifs is 2. The van der Waals surface area contributed by atoms with Crippen LogP contribution in [0.5, 0.6) is 0 Å². The molecule has 34 heavy (non-hydrogen) atoms. The fraction of sp³-hybridized carbons (Fsp3) is 0.310. The van der Waals surface area contributed by atoms with Gasteiger partial charge in [-0.15, -0.1) is 11.3 Å². The Morgan fingerprint density at radius 3 is 2.62 bits per heavy atom. The zero-order chi connectivity index (χ0) is 23.9. The summed E-state index contributed by atoms with van der Waals surface area (Å²) in [5.41, 5.74) is 6.23. The molecule has 1 aliphatic carbocycles. The number of H-pyrrole nitrogens is 1. The summed E-state index contributed by atoms with van der Waals surface area (Å²) in [7, 11) is 0. The highest BCUT2D eigenvalue weighted by atomic mass is 32.1. The van der Waals surface area contributed by atoms with Crippen LogP contribution in [0.2, 0.25) is 0 Å². The summed E-state index contributed by atoms with van der Waals surface area (Å²) in [5.74, 6) is 0.539. The van der Waals surface area contributed by atoms with Crippen molar-refractivity contribution in [3.8, 4) is 0 Å². The van der Waals surface area contributed by atoms with Gasteiger partial charge in [0.05, 0.1) is 5.56 Å². The number of aliphatic imine (C=N–C) groups is 1. The summed E-state index contributed by atoms with van der Waals surface area (Å²) in [5, 5.41) is 5.05. The normalized spacial score (nSPS) is 16.2. The van der Waals surface area contributed by atoms with Crippen LogP contribution in [0.25, 0.3) is 10.9 Å². The van der Waals surface area contributed by atoms with Crippen LogP contribution in [0.4, 0.5) is 10.7 Å². The highest BCUT2D eigenvalue weighted by Gasteiger charge is 2.33. The van der Waals surface area contributed by atoms with Crippen molar-refractivity contribution in [3.05, 3.63) is 81.9 Å². The molecule has 0 unspecified atom stereocenters. The molecule has 0 saturated heterocycles. The Bertz CT molecular complexity index is 1370. The lowest BCUT2D eigenvalue weighted by molar-refractivity contribution is 0.102. The van der Waals surface area contributed by atoms with Gasteiger partial charge >= 0.3 is 0 Å². The fourth-order valence-electron chi connectivity index (χ4n) is 4.94. The van der Waals surface area contributed by atoms with Gasteiger partial charge in [0, 0.05) is 38.9 Å². The van der Waals surface area contributed by atoms with Crippen molar-refractivity contribution in [1.82, 2.24) is 4.98 Å². The second kappa shape index (κ2) is 8.88. The van der Waals surface area contributed by atoms with E-state index in [1.807, 2.05) is 48.7 Å². The molecule has 2 N–H and O–H groups in total. The van der Waals surface area contributed by atoms with Gasteiger partial charge in [-0.1, -0.05) is 57.2 Å². The quantitative estimate of drug-likeness (QED) is 0.296. The molecule has 0 bridgehead atoms. The SMILES string of the molecule is Cc1[nH]c2ccccc2c1C=Nc1sc2c(c1C(=O)Nc1ccccc1)CC[C@H](C(C)(C)C)C2. The van der Waals surface area contributed by atoms with Crippen molar-refractivity contribution in [3.63, 3.8) is 0 Å². The molecule has 1 amide bonds. The third kappa shape index (κ3) is 4.32. The molecule has 4 aromatic rings. The van der Waals surface area contributed by atoms with Gasteiger partial charge in [-0.2, -0.15) is 0 Å². The van der Waals surface area contributed by atoms with Crippen LogP contribution < -0.4 is 5.32 Å². The predicted molar refractivity (Wildman–Crippen MR) is 144 cm³/mol. The van der Waals surface area contributed by atoms with Gasteiger partial charge in [0.25, 0.3) is 5.91 Å². The number of amides is 1. The van der Waals surface area contributed by atoms with Gasteiger partial charge in [-0.05, 0) is 61.3 Å². The molecule has 1 aliphatic rings. The van der Waals surface area contributed by atoms with Crippen LogP contribution in [-0.4, -0.2) is 17.1 Å². The van der Waals surface area contributed by atoms with E-state index in [4.69, 9.17) is 4.99 Å². The summed E-state index contributed by atoms with van der Waals surface area (Å²) in [6.07, 6.45) is 4.96. The number of hydrogen-bond acceptors (Lipinski definition) is 3. The molecule has 0 spiro atoms. The van der Waals surface area contributed by atoms with Crippen molar-refractivity contribution in [1.29, 1.82) is 0 Å². The average Bonchev–Trinajstić information content (AvgIpc) is 3.33. The van der Waals surface area contributed by atoms with Crippen LogP contribution in [0.15, 0.2) is 59.6 Å². The van der Waals surface area contributed by atoms with Crippen LogP contribution in [-0.2, 0) is 12.8 Å². The minimum Gasteiger partial charge on any atom is -0.358 e. The monoisotopic (exact) mass is 469 g/mol. The van der Waals surface area contributed by atoms with Gasteiger partial charge in [-0.25, -0.2) is 4.99 Å². The smallest absolute Gasteiger partial charge is 0.259 e. The third-order valence-corrected chi connectivity index (χ3v) is 8.15. The first-order chi connectivity index (χ1) is 16.3. The molecule has 0 radical (unpaired) electrons. The van der Waals surface area contributed by atoms with Crippen molar-refractivity contribution < 1.29 is 4.79 Å². The molecule has 4 nitrogen and oxygen atoms in total. The number of para-hydroxylation sites is 2. The number of benzene rings is 2. The van der Waals surface area contributed by atoms with Gasteiger partial charge < -0.3 is 10.3 Å². The molecule has 2 aromatic carbocycles. The molecule has 2 heterocycles. The maximum atomic E-state index is 13.5. The number of carbonyl (C=O) groups is 1. The Hall–Kier alpha value is -3.18. The molecule has 0 fully saturated rings. The summed E-state index contributed by atoms with van der Waals surface area (Å²) >= 11 is 1.68. The number of anilines is 1. The van der Waals surface area contributed by atoms with Gasteiger partial charge in [0.2, 0.25) is 0 Å². The minimum atomic E-state index is -0.0688. The summed E-state index contributed by atoms with van der Waals surface area (Å²) in [6, 6.07) is 17.9. The number of aryl methyl sites for hydroxylation is 1. The largest absolute Gasteiger partial charge is 0.358 e. The highest BCUT2D eigenvalue weighted by Crippen LogP contribution is 2.45. The Kier molecular flexibility index (Phi) is 5.90. The molecule has 174 valence electrons. The Balaban J connectivity index is 1.55. The van der Waals surface area contributed by atoms with Crippen LogP contribution in [0.1, 0.15) is 59.2 Å². The minimum absolute atomic E-state index is 0.0688. The van der Waals surface area contributed by atoms with E-state index in [9.17, 15) is 4.79 Å². The summed E-state index contributed by atoms with van der Waals surface area (Å²) in [4.78, 5) is 23.2. The zero-order valence-electron chi connectivity index (χ0n) is 20.2. The predicted octanol–water partition coefficient (Wildman–Crippen LogP) is 7.69. The lowest BCUT2D eigenvalue weighted by atomic mass is 9.72. The maximum Gasteiger partial charge on any atom is 0.259 e. The number of aromatic amines is 1. The molecular weight excluding hydrogens is 438 g/mol. The molecule has 2 aromatic heterocycles. The lowest BCUT2D eigenvalue weighted by Gasteiger charge is -2.33. The third-order valence-electron chi connectivity index (χ3n) is 6.98. The van der Waals surface area contributed by atoms with E-state index in [-0.39, 0.29) is 11.3 Å². The Morgan fingerprint density at radius 1 is 1.12 bits per heavy atom. The van der Waals surface area contributed by atoms with Crippen molar-refractivity contribution in [2.24, 2.45) is 16.3 Å². The number of carbonyl (C=O) groups excluding carboxylic acids is 1. The van der Waals surface area contributed by atoms with Crippen molar-refractivity contribution in [2.75, 3.05) is 5.32 Å². The molecule has 5 rings (SSSR count). The van der Waals surface area contributed by atoms with E-state index in [1.54, 1.807) is 11.3 Å². The number of aromatic nitrogens is 1. The second-order valence-electron chi connectivity index (χ2n) is 10.3. The molecule has 0 aliphatic heterocycles. The molecule has 5 heteroatoms. The lowest BCUT2D eigenvalue weighted by Crippen LogP contribution is -2.27. The average molecular weight is 470 g/mol. The van der Waals surface area contributed by atoms with E-state index < -0.39 is 0 Å². The topological polar surface area (TPSA) is 57.2 Å². The first-order valence-electron chi connectivity index (χ1n) is 11.9. The van der Waals surface area contributed by atoms with Gasteiger partial charge in [0.1, 0.15) is 5.00 Å². The first kappa shape index (κ1) is 22.6. The molecule has 1 atom stereocenters. The van der Waals surface area contributed by atoms with E-state index in [0.29, 0.717) is 5.92 Å². The molecule has 0 saturated carbocycles. The van der Waals surface area contributed by atoms with Crippen LogP contribution >= 0.6 is 11.3 Å². The number of nitrogens with zero attached hydrogens (tertiary/aromatic N) is 1. The van der Waals surface area contributed by atoms with E-state index in [1.165, 1.54) is 10.4 Å². The number of hydrogen-bond donors (Lipinski definition) is 2. The van der Waals surface area contributed by atoms with E-state index in [2.05, 4.69) is 50.1 Å². The second-order valence-corrected chi connectivity index (χ2v) is 11.4. The van der Waals surface area contributed by atoms with Crippen LogP contribution in [0.3, 0.4) is 0 Å². The van der Waals surface area contributed by atoms with Gasteiger partial charge in [-0.3, -0.25) is 4.79 Å². The van der Waals surface area contributed by atoms with Crippen molar-refractivity contribution >= 4 is 45.0 Å². The zero-order valence-corrected chi connectivity index (χ0v) is 21.1. The first-order valence-corrected chi connectivity index (χ1v) is 12.7. The Morgan fingerprint density at radius 2 is 1.85 bits per heavy atom. The molecular formula is C29H31N3OS. The van der Waals surface area contributed by atoms with E-state index >= 15 is 0 Å². The highest BCUT2D eigenvalue weighted by molar-refractivity contribution is 7.16. The number of rotatable bonds is 4. The van der Waals surface area contributed by atoms with Gasteiger partial charge in [0.15, 0.2) is 0 Å².